The molecule has 0 bridgehead atoms. The smallest absolute Gasteiger partial charge is 0.462 e. The Labute approximate surface area is 596 Å². The van der Waals surface area contributed by atoms with Crippen molar-refractivity contribution < 1.29 is 80.2 Å². The number of rotatable bonds is 74. The van der Waals surface area contributed by atoms with Gasteiger partial charge in [-0.2, -0.15) is 0 Å². The van der Waals surface area contributed by atoms with Gasteiger partial charge in [0.05, 0.1) is 26.4 Å². The van der Waals surface area contributed by atoms with Gasteiger partial charge in [-0.1, -0.05) is 293 Å². The van der Waals surface area contributed by atoms with Crippen LogP contribution in [-0.4, -0.2) is 96.7 Å². The average molecular weight is 1430 g/mol. The van der Waals surface area contributed by atoms with Crippen molar-refractivity contribution in [2.24, 2.45) is 0 Å². The van der Waals surface area contributed by atoms with Gasteiger partial charge in [-0.15, -0.1) is 0 Å². The zero-order valence-electron chi connectivity index (χ0n) is 62.2. The van der Waals surface area contributed by atoms with Crippen LogP contribution in [0, 0.1) is 0 Å². The van der Waals surface area contributed by atoms with Crippen LogP contribution in [0.4, 0.5) is 0 Å². The van der Waals surface area contributed by atoms with Crippen molar-refractivity contribution in [3.05, 3.63) is 72.9 Å². The Morgan fingerprint density at radius 3 is 0.745 bits per heavy atom. The summed E-state index contributed by atoms with van der Waals surface area (Å²) in [5.41, 5.74) is 0. The lowest BCUT2D eigenvalue weighted by Gasteiger charge is -2.21. The van der Waals surface area contributed by atoms with Crippen LogP contribution in [0.1, 0.15) is 349 Å². The minimum absolute atomic E-state index is 0.0762. The van der Waals surface area contributed by atoms with Crippen LogP contribution in [0.5, 0.6) is 0 Å². The molecule has 0 fully saturated rings. The molecule has 0 aliphatic rings. The van der Waals surface area contributed by atoms with E-state index in [1.165, 1.54) is 128 Å². The highest BCUT2D eigenvalue weighted by Crippen LogP contribution is 2.45. The van der Waals surface area contributed by atoms with E-state index in [1.807, 2.05) is 0 Å². The van der Waals surface area contributed by atoms with E-state index in [1.54, 1.807) is 0 Å². The third-order valence-corrected chi connectivity index (χ3v) is 18.6. The number of unbranched alkanes of at least 4 members (excludes halogenated alkanes) is 39. The topological polar surface area (TPSA) is 237 Å². The van der Waals surface area contributed by atoms with E-state index in [9.17, 15) is 43.2 Å². The third kappa shape index (κ3) is 70.9. The maximum Gasteiger partial charge on any atom is 0.472 e. The molecule has 0 aromatic heterocycles. The number of phosphoric ester groups is 2. The van der Waals surface area contributed by atoms with Crippen molar-refractivity contribution in [3.8, 4) is 0 Å². The van der Waals surface area contributed by atoms with Gasteiger partial charge in [0.15, 0.2) is 12.2 Å². The molecule has 5 atom stereocenters. The summed E-state index contributed by atoms with van der Waals surface area (Å²) >= 11 is 0. The van der Waals surface area contributed by atoms with E-state index in [0.717, 1.165) is 141 Å². The lowest BCUT2D eigenvalue weighted by atomic mass is 10.0. The fraction of sp³-hybridized carbons (Fsp3) is 0.797. The lowest BCUT2D eigenvalue weighted by Crippen LogP contribution is -2.30. The lowest BCUT2D eigenvalue weighted by molar-refractivity contribution is -0.161. The fourth-order valence-corrected chi connectivity index (χ4v) is 12.2. The molecule has 17 nitrogen and oxygen atoms in total. The molecule has 0 aromatic carbocycles. The highest BCUT2D eigenvalue weighted by Gasteiger charge is 2.30. The number of hydrogen-bond donors (Lipinski definition) is 3. The van der Waals surface area contributed by atoms with Crippen molar-refractivity contribution in [1.29, 1.82) is 0 Å². The largest absolute Gasteiger partial charge is 0.472 e. The molecule has 0 saturated heterocycles. The molecule has 0 radical (unpaired) electrons. The molecule has 0 saturated carbocycles. The Bertz CT molecular complexity index is 2140. The molecule has 0 aliphatic carbocycles. The molecule has 0 spiro atoms. The van der Waals surface area contributed by atoms with Crippen LogP contribution in [0.25, 0.3) is 0 Å². The number of hydrogen-bond acceptors (Lipinski definition) is 15. The maximum atomic E-state index is 13.1. The zero-order valence-corrected chi connectivity index (χ0v) is 64.0. The number of aliphatic hydroxyl groups excluding tert-OH is 1. The van der Waals surface area contributed by atoms with Gasteiger partial charge < -0.3 is 33.8 Å². The van der Waals surface area contributed by atoms with Crippen molar-refractivity contribution in [1.82, 2.24) is 0 Å². The van der Waals surface area contributed by atoms with Crippen LogP contribution >= 0.6 is 15.6 Å². The second-order valence-corrected chi connectivity index (χ2v) is 29.3. The second kappa shape index (κ2) is 71.9. The molecule has 0 aliphatic heterocycles. The monoisotopic (exact) mass is 1420 g/mol. The number of phosphoric acid groups is 2. The first-order valence-corrected chi connectivity index (χ1v) is 42.2. The summed E-state index contributed by atoms with van der Waals surface area (Å²) in [5, 5.41) is 10.6. The Hall–Kier alpha value is -3.50. The van der Waals surface area contributed by atoms with Gasteiger partial charge in [0, 0.05) is 25.7 Å². The number of carbonyl (C=O) groups is 4. The molecule has 570 valence electrons. The van der Waals surface area contributed by atoms with Gasteiger partial charge in [-0.25, -0.2) is 9.13 Å². The standard InChI is InChI=1S/C79H142O17P2/c1-5-9-13-17-21-25-29-33-36-40-43-47-51-55-59-63-76(81)89-69-74(95-78(83)65-61-57-53-49-45-39-32-28-24-20-16-12-8-4)71-93-97(85,86)91-67-73(80)68-92-98(87,88)94-72-75(96-79(84)66-62-58-54-50-46-42-38-35-31-27-23-19-15-11-7-3)70-90-77(82)64-60-56-52-48-44-41-37-34-30-26-22-18-14-10-6-2/h25-27,29-31,33-38,73-75,80H,5-24,28,32,39-72H2,1-4H3,(H,85,86)(H,87,88)/b29-25-,30-26-,31-27-,36-33-,37-34-,38-35-/t73-,74-,75-/m1/s1. The normalized spacial score (nSPS) is 14.3. The summed E-state index contributed by atoms with van der Waals surface area (Å²) < 4.78 is 68.5. The molecule has 98 heavy (non-hydrogen) atoms. The number of carbonyl (C=O) groups excluding carboxylic acids is 4. The molecule has 19 heteroatoms. The number of ether oxygens (including phenoxy) is 4. The molecule has 2 unspecified atom stereocenters. The van der Waals surface area contributed by atoms with Crippen LogP contribution in [0.2, 0.25) is 0 Å². The Balaban J connectivity index is 5.36. The second-order valence-electron chi connectivity index (χ2n) is 26.4. The van der Waals surface area contributed by atoms with Crippen molar-refractivity contribution in [2.45, 2.75) is 367 Å². The van der Waals surface area contributed by atoms with Crippen LogP contribution in [0.3, 0.4) is 0 Å². The quantitative estimate of drug-likeness (QED) is 0.0169. The third-order valence-electron chi connectivity index (χ3n) is 16.7. The van der Waals surface area contributed by atoms with E-state index in [-0.39, 0.29) is 25.7 Å². The molecule has 0 amide bonds. The number of allylic oxidation sites excluding steroid dienone is 12. The predicted molar refractivity (Wildman–Crippen MR) is 400 cm³/mol. The first kappa shape index (κ1) is 94.5. The number of aliphatic hydroxyl groups is 1. The zero-order chi connectivity index (χ0) is 71.8. The van der Waals surface area contributed by atoms with E-state index in [0.29, 0.717) is 25.7 Å². The van der Waals surface area contributed by atoms with Crippen molar-refractivity contribution in [2.75, 3.05) is 39.6 Å². The van der Waals surface area contributed by atoms with E-state index in [2.05, 4.69) is 101 Å². The summed E-state index contributed by atoms with van der Waals surface area (Å²) in [5.74, 6) is -2.20. The first-order chi connectivity index (χ1) is 47.7. The molecule has 0 aromatic rings. The van der Waals surface area contributed by atoms with Crippen molar-refractivity contribution in [3.63, 3.8) is 0 Å². The van der Waals surface area contributed by atoms with Crippen LogP contribution in [0.15, 0.2) is 72.9 Å². The van der Waals surface area contributed by atoms with Crippen LogP contribution in [-0.2, 0) is 65.4 Å². The van der Waals surface area contributed by atoms with E-state index in [4.69, 9.17) is 37.0 Å². The molecule has 0 rings (SSSR count). The van der Waals surface area contributed by atoms with Gasteiger partial charge in [0.1, 0.15) is 19.3 Å². The van der Waals surface area contributed by atoms with E-state index >= 15 is 0 Å². The minimum Gasteiger partial charge on any atom is -0.462 e. The van der Waals surface area contributed by atoms with Gasteiger partial charge in [0.25, 0.3) is 0 Å². The maximum absolute atomic E-state index is 13.1. The Morgan fingerprint density at radius 2 is 0.490 bits per heavy atom. The van der Waals surface area contributed by atoms with Crippen molar-refractivity contribution >= 4 is 39.5 Å². The summed E-state index contributed by atoms with van der Waals surface area (Å²) in [6.07, 6.45) is 71.6. The first-order valence-electron chi connectivity index (χ1n) is 39.2. The fourth-order valence-electron chi connectivity index (χ4n) is 10.7. The molecular weight excluding hydrogens is 1280 g/mol. The molecule has 0 heterocycles. The van der Waals surface area contributed by atoms with Gasteiger partial charge in [-0.3, -0.25) is 37.3 Å². The summed E-state index contributed by atoms with van der Waals surface area (Å²) in [6, 6.07) is 0. The number of esters is 4. The average Bonchev–Trinajstić information content (AvgIpc) is 1.04. The molecule has 3 N–H and O–H groups in total. The Morgan fingerprint density at radius 1 is 0.286 bits per heavy atom. The van der Waals surface area contributed by atoms with Gasteiger partial charge in [-0.05, 0) is 103 Å². The highest BCUT2D eigenvalue weighted by molar-refractivity contribution is 7.47. The van der Waals surface area contributed by atoms with E-state index < -0.39 is 97.5 Å². The van der Waals surface area contributed by atoms with Gasteiger partial charge >= 0.3 is 39.5 Å². The summed E-state index contributed by atoms with van der Waals surface area (Å²) in [7, 11) is -9.95. The summed E-state index contributed by atoms with van der Waals surface area (Å²) in [6.45, 7) is 4.81. The highest BCUT2D eigenvalue weighted by atomic mass is 31.2. The SMILES string of the molecule is CCCCCC/C=C\C=C/CCCCCCCC(=O)OC[C@H](COP(=O)(O)OC[C@H](O)COP(=O)(O)OC[C@@H](COC(=O)CCCCCCC/C=C\C=C/CCCCCC)OC(=O)CCCCCCCCCCCCCCC)OC(=O)CCCCCCC/C=C\C=C/CCCCCC. The minimum atomic E-state index is -4.98. The predicted octanol–water partition coefficient (Wildman–Crippen LogP) is 22.4. The molecular formula is C79H142O17P2. The summed E-state index contributed by atoms with van der Waals surface area (Å²) in [4.78, 5) is 72.9. The van der Waals surface area contributed by atoms with Crippen LogP contribution < -0.4 is 0 Å². The Kier molecular flexibility index (Phi) is 69.3. The van der Waals surface area contributed by atoms with Gasteiger partial charge in [0.2, 0.25) is 0 Å².